The van der Waals surface area contributed by atoms with E-state index in [4.69, 9.17) is 4.74 Å². The number of nitrogens with zero attached hydrogens (tertiary/aromatic N) is 2. The second kappa shape index (κ2) is 7.44. The first-order chi connectivity index (χ1) is 12.0. The molecule has 2 saturated heterocycles. The average Bonchev–Trinajstić information content (AvgIpc) is 3.01. The van der Waals surface area contributed by atoms with Crippen molar-refractivity contribution >= 4 is 12.1 Å². The second-order valence-corrected chi connectivity index (χ2v) is 7.11. The van der Waals surface area contributed by atoms with Crippen molar-refractivity contribution in [2.24, 2.45) is 11.3 Å². The van der Waals surface area contributed by atoms with Crippen LogP contribution >= 0.6 is 0 Å². The predicted octanol–water partition coefficient (Wildman–Crippen LogP) is 2.44. The summed E-state index contributed by atoms with van der Waals surface area (Å²) >= 11 is 0. The van der Waals surface area contributed by atoms with Gasteiger partial charge in [0, 0.05) is 18.5 Å². The van der Waals surface area contributed by atoms with E-state index >= 15 is 0 Å². The van der Waals surface area contributed by atoms with Gasteiger partial charge in [0.1, 0.15) is 6.61 Å². The molecule has 1 spiro atoms. The third-order valence-corrected chi connectivity index (χ3v) is 5.71. The van der Waals surface area contributed by atoms with Gasteiger partial charge in [-0.25, -0.2) is 4.79 Å². The number of rotatable bonds is 4. The maximum absolute atomic E-state index is 12.4. The summed E-state index contributed by atoms with van der Waals surface area (Å²) in [6.45, 7) is 5.83. The lowest BCUT2D eigenvalue weighted by atomic mass is 9.71. The molecule has 1 aromatic rings. The molecule has 0 aromatic heterocycles. The summed E-state index contributed by atoms with van der Waals surface area (Å²) in [6, 6.07) is 9.51. The normalized spacial score (nSPS) is 22.9. The van der Waals surface area contributed by atoms with Crippen molar-refractivity contribution in [3.05, 3.63) is 35.9 Å². The van der Waals surface area contributed by atoms with Crippen LogP contribution in [-0.4, -0.2) is 59.7 Å². The van der Waals surface area contributed by atoms with Crippen LogP contribution in [0.4, 0.5) is 4.79 Å². The molecule has 1 N–H and O–H groups in total. The molecule has 2 fully saturated rings. The van der Waals surface area contributed by atoms with E-state index in [1.807, 2.05) is 30.3 Å². The number of carboxylic acids is 1. The lowest BCUT2D eigenvalue weighted by Gasteiger charge is -2.40. The molecular weight excluding hydrogens is 320 g/mol. The van der Waals surface area contributed by atoms with E-state index in [0.29, 0.717) is 6.54 Å². The van der Waals surface area contributed by atoms with Gasteiger partial charge >= 0.3 is 12.1 Å². The number of piperidine rings is 1. The number of carbonyl (C=O) groups is 2. The summed E-state index contributed by atoms with van der Waals surface area (Å²) in [7, 11) is 0. The third-order valence-electron chi connectivity index (χ3n) is 5.71. The van der Waals surface area contributed by atoms with Crippen LogP contribution in [0.15, 0.2) is 30.3 Å². The summed E-state index contributed by atoms with van der Waals surface area (Å²) in [5, 5.41) is 9.67. The van der Waals surface area contributed by atoms with Crippen molar-refractivity contribution in [2.75, 3.05) is 32.7 Å². The molecule has 0 bridgehead atoms. The molecule has 6 nitrogen and oxygen atoms in total. The van der Waals surface area contributed by atoms with E-state index in [9.17, 15) is 14.7 Å². The Balaban J connectivity index is 1.63. The molecule has 1 aromatic carbocycles. The number of likely N-dealkylation sites (tertiary alicyclic amines) is 2. The number of hydrogen-bond donors (Lipinski definition) is 1. The highest BCUT2D eigenvalue weighted by molar-refractivity contribution is 5.75. The summed E-state index contributed by atoms with van der Waals surface area (Å²) in [5.74, 6) is -1.31. The molecule has 1 unspecified atom stereocenters. The largest absolute Gasteiger partial charge is 0.481 e. The zero-order valence-electron chi connectivity index (χ0n) is 14.7. The quantitative estimate of drug-likeness (QED) is 0.907. The fourth-order valence-corrected chi connectivity index (χ4v) is 4.08. The Morgan fingerprint density at radius 3 is 2.52 bits per heavy atom. The van der Waals surface area contributed by atoms with Gasteiger partial charge in [-0.1, -0.05) is 37.3 Å². The van der Waals surface area contributed by atoms with Crippen LogP contribution in [-0.2, 0) is 16.1 Å². The summed E-state index contributed by atoms with van der Waals surface area (Å²) in [5.41, 5.74) is 0.610. The maximum Gasteiger partial charge on any atom is 0.410 e. The smallest absolute Gasteiger partial charge is 0.410 e. The van der Waals surface area contributed by atoms with E-state index < -0.39 is 18.0 Å². The fourth-order valence-electron chi connectivity index (χ4n) is 4.08. The van der Waals surface area contributed by atoms with Crippen LogP contribution < -0.4 is 0 Å². The number of benzene rings is 1. The van der Waals surface area contributed by atoms with Crippen LogP contribution in [0.2, 0.25) is 0 Å². The molecule has 0 saturated carbocycles. The van der Waals surface area contributed by atoms with Gasteiger partial charge in [0.05, 0.1) is 5.92 Å². The fraction of sp³-hybridized carbons (Fsp3) is 0.579. The monoisotopic (exact) mass is 346 g/mol. The second-order valence-electron chi connectivity index (χ2n) is 7.11. The van der Waals surface area contributed by atoms with Crippen LogP contribution in [0.5, 0.6) is 0 Å². The highest BCUT2D eigenvalue weighted by Gasteiger charge is 2.52. The van der Waals surface area contributed by atoms with Gasteiger partial charge in [0.25, 0.3) is 0 Å². The summed E-state index contributed by atoms with van der Waals surface area (Å²) < 4.78 is 5.40. The van der Waals surface area contributed by atoms with Gasteiger partial charge in [-0.2, -0.15) is 0 Å². The number of amides is 1. The average molecular weight is 346 g/mol. The van der Waals surface area contributed by atoms with Crippen molar-refractivity contribution in [3.63, 3.8) is 0 Å². The van der Waals surface area contributed by atoms with Crippen molar-refractivity contribution in [2.45, 2.75) is 26.4 Å². The van der Waals surface area contributed by atoms with Crippen LogP contribution in [0.1, 0.15) is 25.3 Å². The molecule has 0 aliphatic carbocycles. The van der Waals surface area contributed by atoms with E-state index in [1.165, 1.54) is 0 Å². The molecule has 25 heavy (non-hydrogen) atoms. The number of aliphatic carboxylic acids is 1. The van der Waals surface area contributed by atoms with E-state index in [1.54, 1.807) is 4.90 Å². The molecule has 6 heteroatoms. The predicted molar refractivity (Wildman–Crippen MR) is 93.1 cm³/mol. The number of hydrogen-bond acceptors (Lipinski definition) is 4. The van der Waals surface area contributed by atoms with E-state index in [-0.39, 0.29) is 18.6 Å². The molecule has 0 radical (unpaired) electrons. The lowest BCUT2D eigenvalue weighted by Crippen LogP contribution is -2.46. The molecule has 3 rings (SSSR count). The summed E-state index contributed by atoms with van der Waals surface area (Å²) in [6.07, 6.45) is 1.23. The number of ether oxygens (including phenoxy) is 1. The van der Waals surface area contributed by atoms with E-state index in [2.05, 4.69) is 11.8 Å². The number of carboxylic acid groups (broad SMARTS) is 1. The van der Waals surface area contributed by atoms with Crippen LogP contribution in [0, 0.1) is 11.3 Å². The van der Waals surface area contributed by atoms with Crippen LogP contribution in [0.25, 0.3) is 0 Å². The van der Waals surface area contributed by atoms with Gasteiger partial charge in [-0.15, -0.1) is 0 Å². The summed E-state index contributed by atoms with van der Waals surface area (Å²) in [4.78, 5) is 28.1. The van der Waals surface area contributed by atoms with Crippen molar-refractivity contribution in [1.82, 2.24) is 9.80 Å². The molecule has 1 amide bonds. The molecular formula is C19H26N2O4. The van der Waals surface area contributed by atoms with Crippen molar-refractivity contribution in [3.8, 4) is 0 Å². The molecule has 2 aliphatic heterocycles. The minimum atomic E-state index is -0.802. The van der Waals surface area contributed by atoms with E-state index in [0.717, 1.165) is 38.0 Å². The standard InChI is InChI=1S/C19H26N2O4/c1-2-20-10-8-19(9-11-20)14-21(12-16(19)17(22)23)18(24)25-13-15-6-4-3-5-7-15/h3-7,16H,2,8-14H2,1H3,(H,22,23). The van der Waals surface area contributed by atoms with Gasteiger partial charge in [0.15, 0.2) is 0 Å². The highest BCUT2D eigenvalue weighted by Crippen LogP contribution is 2.45. The Morgan fingerprint density at radius 1 is 1.24 bits per heavy atom. The first kappa shape index (κ1) is 17.7. The number of carbonyl (C=O) groups excluding carboxylic acids is 1. The van der Waals surface area contributed by atoms with Gasteiger partial charge < -0.3 is 19.6 Å². The molecule has 136 valence electrons. The molecule has 2 heterocycles. The topological polar surface area (TPSA) is 70.1 Å². The molecule has 2 aliphatic rings. The van der Waals surface area contributed by atoms with Gasteiger partial charge in [-0.3, -0.25) is 4.79 Å². The Labute approximate surface area is 148 Å². The SMILES string of the molecule is CCN1CCC2(CC1)CN(C(=O)OCc1ccccc1)CC2C(=O)O. The first-order valence-corrected chi connectivity index (χ1v) is 8.95. The maximum atomic E-state index is 12.4. The minimum absolute atomic E-state index is 0.213. The Hall–Kier alpha value is -2.08. The van der Waals surface area contributed by atoms with Crippen LogP contribution in [0.3, 0.4) is 0 Å². The minimum Gasteiger partial charge on any atom is -0.481 e. The third kappa shape index (κ3) is 3.79. The van der Waals surface area contributed by atoms with Crippen molar-refractivity contribution in [1.29, 1.82) is 0 Å². The highest BCUT2D eigenvalue weighted by atomic mass is 16.6. The Kier molecular flexibility index (Phi) is 5.27. The van der Waals surface area contributed by atoms with Gasteiger partial charge in [-0.05, 0) is 38.0 Å². The zero-order valence-corrected chi connectivity index (χ0v) is 14.7. The Morgan fingerprint density at radius 2 is 1.92 bits per heavy atom. The Bertz CT molecular complexity index is 611. The zero-order chi connectivity index (χ0) is 17.9. The van der Waals surface area contributed by atoms with Crippen molar-refractivity contribution < 1.29 is 19.4 Å². The van der Waals surface area contributed by atoms with Gasteiger partial charge in [0.2, 0.25) is 0 Å². The molecule has 1 atom stereocenters. The lowest BCUT2D eigenvalue weighted by molar-refractivity contribution is -0.145. The first-order valence-electron chi connectivity index (χ1n) is 8.95.